The number of likely N-dealkylation sites (N-methyl/N-ethyl adjacent to an activating group) is 1. The second-order valence-corrected chi connectivity index (χ2v) is 5.55. The standard InChI is InChI=1S/C16H20N4.2ClH/c1-19(14-5-4-7-18-10-14)11-13-12-20-8-3-2-6-16(20)15(13)9-17;;/h2-3,6,8,12,14,18H,4-5,7,10-11H2,1H3;2*1H. The summed E-state index contributed by atoms with van der Waals surface area (Å²) < 4.78 is 2.04. The summed E-state index contributed by atoms with van der Waals surface area (Å²) >= 11 is 0. The van der Waals surface area contributed by atoms with Gasteiger partial charge in [-0.05, 0) is 38.6 Å². The van der Waals surface area contributed by atoms with E-state index in [4.69, 9.17) is 0 Å². The number of pyridine rings is 1. The van der Waals surface area contributed by atoms with Crippen LogP contribution in [0.2, 0.25) is 0 Å². The van der Waals surface area contributed by atoms with Gasteiger partial charge in [-0.3, -0.25) is 4.90 Å². The lowest BCUT2D eigenvalue weighted by Gasteiger charge is -2.31. The predicted molar refractivity (Wildman–Crippen MR) is 94.0 cm³/mol. The molecule has 0 aliphatic carbocycles. The average Bonchev–Trinajstić information content (AvgIpc) is 2.85. The summed E-state index contributed by atoms with van der Waals surface area (Å²) in [7, 11) is 2.15. The zero-order valence-corrected chi connectivity index (χ0v) is 14.3. The molecule has 6 heteroatoms. The molecule has 1 saturated heterocycles. The Morgan fingerprint density at radius 2 is 2.23 bits per heavy atom. The van der Waals surface area contributed by atoms with Crippen molar-refractivity contribution in [3.8, 4) is 6.07 Å². The highest BCUT2D eigenvalue weighted by atomic mass is 35.5. The summed E-state index contributed by atoms with van der Waals surface area (Å²) in [5.74, 6) is 0. The maximum Gasteiger partial charge on any atom is 0.102 e. The molecule has 1 atom stereocenters. The lowest BCUT2D eigenvalue weighted by molar-refractivity contribution is 0.196. The largest absolute Gasteiger partial charge is 0.322 e. The van der Waals surface area contributed by atoms with Crippen LogP contribution in [0.4, 0.5) is 0 Å². The Bertz CT molecular complexity index is 641. The third-order valence-corrected chi connectivity index (χ3v) is 4.19. The van der Waals surface area contributed by atoms with Gasteiger partial charge < -0.3 is 9.72 Å². The Labute approximate surface area is 143 Å². The van der Waals surface area contributed by atoms with E-state index in [1.54, 1.807) is 0 Å². The first-order valence-corrected chi connectivity index (χ1v) is 7.19. The second-order valence-electron chi connectivity index (χ2n) is 5.55. The molecule has 0 saturated carbocycles. The first-order chi connectivity index (χ1) is 9.79. The van der Waals surface area contributed by atoms with E-state index in [-0.39, 0.29) is 24.8 Å². The van der Waals surface area contributed by atoms with Gasteiger partial charge in [-0.2, -0.15) is 5.26 Å². The Morgan fingerprint density at radius 3 is 2.91 bits per heavy atom. The molecule has 1 fully saturated rings. The summed E-state index contributed by atoms with van der Waals surface area (Å²) in [4.78, 5) is 2.36. The van der Waals surface area contributed by atoms with Gasteiger partial charge in [0.1, 0.15) is 6.07 Å². The zero-order valence-electron chi connectivity index (χ0n) is 12.7. The van der Waals surface area contributed by atoms with Crippen LogP contribution in [0.5, 0.6) is 0 Å². The van der Waals surface area contributed by atoms with Gasteiger partial charge in [0.2, 0.25) is 0 Å². The van der Waals surface area contributed by atoms with Gasteiger partial charge in [0.25, 0.3) is 0 Å². The molecule has 2 aromatic rings. The van der Waals surface area contributed by atoms with Crippen molar-refractivity contribution in [1.29, 1.82) is 5.26 Å². The first kappa shape index (κ1) is 18.8. The quantitative estimate of drug-likeness (QED) is 0.934. The van der Waals surface area contributed by atoms with Gasteiger partial charge in [0.05, 0.1) is 11.1 Å². The molecule has 1 aliphatic heterocycles. The fourth-order valence-corrected chi connectivity index (χ4v) is 3.03. The van der Waals surface area contributed by atoms with Crippen molar-refractivity contribution < 1.29 is 0 Å². The minimum absolute atomic E-state index is 0. The summed E-state index contributed by atoms with van der Waals surface area (Å²) in [6.45, 7) is 3.01. The fraction of sp³-hybridized carbons (Fsp3) is 0.438. The molecule has 3 rings (SSSR count). The van der Waals surface area contributed by atoms with Crippen LogP contribution in [0.3, 0.4) is 0 Å². The van der Waals surface area contributed by atoms with Gasteiger partial charge in [-0.25, -0.2) is 0 Å². The summed E-state index contributed by atoms with van der Waals surface area (Å²) in [6.07, 6.45) is 6.55. The topological polar surface area (TPSA) is 43.5 Å². The Morgan fingerprint density at radius 1 is 1.41 bits per heavy atom. The van der Waals surface area contributed by atoms with Crippen LogP contribution >= 0.6 is 24.8 Å². The summed E-state index contributed by atoms with van der Waals surface area (Å²) in [5.41, 5.74) is 2.92. The van der Waals surface area contributed by atoms with Crippen molar-refractivity contribution in [2.45, 2.75) is 25.4 Å². The van der Waals surface area contributed by atoms with E-state index < -0.39 is 0 Å². The average molecular weight is 341 g/mol. The van der Waals surface area contributed by atoms with Crippen molar-refractivity contribution >= 4 is 30.3 Å². The number of aromatic nitrogens is 1. The number of nitriles is 1. The molecule has 0 bridgehead atoms. The van der Waals surface area contributed by atoms with E-state index in [2.05, 4.69) is 29.5 Å². The Kier molecular flexibility index (Phi) is 7.18. The van der Waals surface area contributed by atoms with Crippen molar-refractivity contribution in [3.63, 3.8) is 0 Å². The molecule has 4 nitrogen and oxygen atoms in total. The third-order valence-electron chi connectivity index (χ3n) is 4.19. The van der Waals surface area contributed by atoms with Gasteiger partial charge in [0, 0.05) is 37.1 Å². The number of halogens is 2. The molecule has 0 amide bonds. The van der Waals surface area contributed by atoms with Gasteiger partial charge in [-0.1, -0.05) is 6.07 Å². The summed E-state index contributed by atoms with van der Waals surface area (Å²) in [5, 5.41) is 12.9. The van der Waals surface area contributed by atoms with E-state index in [9.17, 15) is 5.26 Å². The number of hydrogen-bond donors (Lipinski definition) is 1. The molecule has 1 N–H and O–H groups in total. The van der Waals surface area contributed by atoms with Crippen molar-refractivity contribution in [3.05, 3.63) is 41.7 Å². The van der Waals surface area contributed by atoms with Crippen LogP contribution in [-0.2, 0) is 6.54 Å². The minimum atomic E-state index is 0. The molecule has 0 radical (unpaired) electrons. The second kappa shape index (κ2) is 8.40. The molecule has 1 aliphatic rings. The molecule has 1 unspecified atom stereocenters. The maximum atomic E-state index is 9.43. The SMILES string of the molecule is CN(Cc1cn2ccccc2c1C#N)C1CCCNC1.Cl.Cl. The van der Waals surface area contributed by atoms with Crippen molar-refractivity contribution in [1.82, 2.24) is 14.6 Å². The van der Waals surface area contributed by atoms with Crippen LogP contribution < -0.4 is 5.32 Å². The van der Waals surface area contributed by atoms with Crippen molar-refractivity contribution in [2.24, 2.45) is 0 Å². The van der Waals surface area contributed by atoms with E-state index >= 15 is 0 Å². The van der Waals surface area contributed by atoms with Gasteiger partial charge in [-0.15, -0.1) is 24.8 Å². The third kappa shape index (κ3) is 3.74. The smallest absolute Gasteiger partial charge is 0.102 e. The molecule has 3 heterocycles. The number of piperidine rings is 1. The van der Waals surface area contributed by atoms with Gasteiger partial charge >= 0.3 is 0 Å². The Balaban J connectivity index is 0.00000121. The van der Waals surface area contributed by atoms with Crippen LogP contribution in [0.15, 0.2) is 30.6 Å². The highest BCUT2D eigenvalue weighted by molar-refractivity contribution is 5.85. The highest BCUT2D eigenvalue weighted by Crippen LogP contribution is 2.20. The maximum absolute atomic E-state index is 9.43. The molecular formula is C16H22Cl2N4. The fourth-order valence-electron chi connectivity index (χ4n) is 3.03. The predicted octanol–water partition coefficient (Wildman–Crippen LogP) is 2.84. The number of hydrogen-bond acceptors (Lipinski definition) is 3. The Hall–Kier alpha value is -1.25. The first-order valence-electron chi connectivity index (χ1n) is 7.19. The number of nitrogens with one attached hydrogen (secondary N) is 1. The minimum Gasteiger partial charge on any atom is -0.322 e. The number of fused-ring (bicyclic) bond motifs is 1. The normalized spacial score (nSPS) is 17.6. The summed E-state index contributed by atoms with van der Waals surface area (Å²) in [6, 6.07) is 8.91. The van der Waals surface area contributed by atoms with E-state index in [1.165, 1.54) is 12.8 Å². The molecule has 0 aromatic carbocycles. The van der Waals surface area contributed by atoms with Crippen LogP contribution in [0, 0.1) is 11.3 Å². The highest BCUT2D eigenvalue weighted by Gasteiger charge is 2.19. The molecule has 2 aromatic heterocycles. The monoisotopic (exact) mass is 340 g/mol. The molecular weight excluding hydrogens is 319 g/mol. The van der Waals surface area contributed by atoms with E-state index in [0.29, 0.717) is 6.04 Å². The van der Waals surface area contributed by atoms with Crippen molar-refractivity contribution in [2.75, 3.05) is 20.1 Å². The van der Waals surface area contributed by atoms with Gasteiger partial charge in [0.15, 0.2) is 0 Å². The number of rotatable bonds is 3. The van der Waals surface area contributed by atoms with E-state index in [0.717, 1.165) is 36.3 Å². The van der Waals surface area contributed by atoms with Crippen LogP contribution in [0.25, 0.3) is 5.52 Å². The zero-order chi connectivity index (χ0) is 13.9. The van der Waals surface area contributed by atoms with E-state index in [1.807, 2.05) is 28.8 Å². The number of nitrogens with zero attached hydrogens (tertiary/aromatic N) is 3. The lowest BCUT2D eigenvalue weighted by atomic mass is 10.1. The van der Waals surface area contributed by atoms with Crippen LogP contribution in [-0.4, -0.2) is 35.5 Å². The van der Waals surface area contributed by atoms with Crippen LogP contribution in [0.1, 0.15) is 24.0 Å². The lowest BCUT2D eigenvalue weighted by Crippen LogP contribution is -2.43. The molecule has 120 valence electrons. The molecule has 0 spiro atoms. The molecule has 22 heavy (non-hydrogen) atoms.